The predicted octanol–water partition coefficient (Wildman–Crippen LogP) is 1.28. The second-order valence-corrected chi connectivity index (χ2v) is 8.41. The number of hydrogen-bond acceptors (Lipinski definition) is 7. The number of halogens is 1. The molecule has 2 aromatic heterocycles. The number of aromatic nitrogens is 3. The van der Waals surface area contributed by atoms with Crippen LogP contribution in [0, 0.1) is 0 Å². The maximum Gasteiger partial charge on any atom is 0.287 e. The van der Waals surface area contributed by atoms with Crippen molar-refractivity contribution in [2.45, 2.75) is 0 Å². The van der Waals surface area contributed by atoms with Crippen LogP contribution in [-0.4, -0.2) is 67.7 Å². The molecule has 3 heterocycles. The topological polar surface area (TPSA) is 141 Å². The Labute approximate surface area is 201 Å². The van der Waals surface area contributed by atoms with Gasteiger partial charge in [-0.3, -0.25) is 33.9 Å². The maximum atomic E-state index is 13.1. The fraction of sp³-hybridized carbons (Fsp3) is 0.227. The maximum absolute atomic E-state index is 13.1. The van der Waals surface area contributed by atoms with Crippen LogP contribution < -0.4 is 16.4 Å². The van der Waals surface area contributed by atoms with E-state index in [1.807, 2.05) is 0 Å². The molecule has 12 heteroatoms. The van der Waals surface area contributed by atoms with Crippen LogP contribution in [0.15, 0.2) is 56.7 Å². The molecule has 0 bridgehead atoms. The molecule has 176 valence electrons. The highest BCUT2D eigenvalue weighted by molar-refractivity contribution is 9.10. The van der Waals surface area contributed by atoms with Gasteiger partial charge in [0, 0.05) is 39.4 Å². The number of nitrogens with zero attached hydrogens (tertiary/aromatic N) is 4. The zero-order chi connectivity index (χ0) is 24.4. The highest BCUT2D eigenvalue weighted by Gasteiger charge is 2.28. The normalized spacial score (nSPS) is 13.6. The highest BCUT2D eigenvalue weighted by Crippen LogP contribution is 2.31. The van der Waals surface area contributed by atoms with Crippen molar-refractivity contribution < 1.29 is 14.7 Å². The second-order valence-electron chi connectivity index (χ2n) is 7.62. The number of H-pyrrole nitrogens is 1. The van der Waals surface area contributed by atoms with Crippen LogP contribution in [0.5, 0.6) is 5.75 Å². The highest BCUT2D eigenvalue weighted by atomic mass is 79.9. The van der Waals surface area contributed by atoms with Gasteiger partial charge in [0.1, 0.15) is 15.9 Å². The van der Waals surface area contributed by atoms with Gasteiger partial charge in [-0.25, -0.2) is 0 Å². The Morgan fingerprint density at radius 3 is 2.35 bits per heavy atom. The number of piperazine rings is 1. The Kier molecular flexibility index (Phi) is 6.50. The van der Waals surface area contributed by atoms with Crippen LogP contribution in [0.1, 0.15) is 20.8 Å². The third kappa shape index (κ3) is 4.44. The van der Waals surface area contributed by atoms with E-state index in [4.69, 9.17) is 0 Å². The molecule has 0 aliphatic carbocycles. The van der Waals surface area contributed by atoms with E-state index in [1.54, 1.807) is 40.3 Å². The van der Waals surface area contributed by atoms with Crippen molar-refractivity contribution in [1.82, 2.24) is 24.6 Å². The monoisotopic (exact) mass is 528 g/mol. The molecular formula is C22H21BrN6O5. The molecule has 1 aliphatic heterocycles. The molecule has 4 rings (SSSR count). The number of anilines is 2. The zero-order valence-corrected chi connectivity index (χ0v) is 19.7. The van der Waals surface area contributed by atoms with Crippen molar-refractivity contribution >= 4 is 39.1 Å². The van der Waals surface area contributed by atoms with E-state index in [0.717, 1.165) is 4.68 Å². The summed E-state index contributed by atoms with van der Waals surface area (Å²) in [5.74, 6) is -0.971. The Morgan fingerprint density at radius 1 is 1.03 bits per heavy atom. The minimum atomic E-state index is -0.584. The van der Waals surface area contributed by atoms with Crippen molar-refractivity contribution in [3.63, 3.8) is 0 Å². The predicted molar refractivity (Wildman–Crippen MR) is 127 cm³/mol. The van der Waals surface area contributed by atoms with Crippen molar-refractivity contribution in [1.29, 1.82) is 0 Å². The number of hydrogen-bond donors (Lipinski definition) is 3. The third-order valence-corrected chi connectivity index (χ3v) is 6.21. The van der Waals surface area contributed by atoms with Gasteiger partial charge in [0.05, 0.1) is 11.3 Å². The quantitative estimate of drug-likeness (QED) is 0.433. The van der Waals surface area contributed by atoms with E-state index in [0.29, 0.717) is 18.8 Å². The molecule has 1 aromatic carbocycles. The summed E-state index contributed by atoms with van der Waals surface area (Å²) in [5.41, 5.74) is -0.689. The first kappa shape index (κ1) is 23.2. The van der Waals surface area contributed by atoms with Gasteiger partial charge in [0.2, 0.25) is 0 Å². The van der Waals surface area contributed by atoms with E-state index in [-0.39, 0.29) is 46.2 Å². The van der Waals surface area contributed by atoms with Gasteiger partial charge in [-0.05, 0) is 40.2 Å². The van der Waals surface area contributed by atoms with Crippen molar-refractivity contribution in [2.24, 2.45) is 7.05 Å². The fourth-order valence-corrected chi connectivity index (χ4v) is 4.16. The number of aryl methyl sites for hydroxylation is 1. The molecule has 0 radical (unpaired) electrons. The number of rotatable bonds is 4. The van der Waals surface area contributed by atoms with Crippen LogP contribution in [0.4, 0.5) is 11.4 Å². The lowest BCUT2D eigenvalue weighted by Crippen LogP contribution is -2.50. The lowest BCUT2D eigenvalue weighted by Gasteiger charge is -2.34. The summed E-state index contributed by atoms with van der Waals surface area (Å²) in [6.07, 6.45) is 1.55. The largest absolute Gasteiger partial charge is 0.505 e. The molecular weight excluding hydrogens is 508 g/mol. The van der Waals surface area contributed by atoms with Crippen LogP contribution >= 0.6 is 15.9 Å². The molecule has 3 N–H and O–H groups in total. The number of aromatic amines is 1. The first-order valence-electron chi connectivity index (χ1n) is 10.4. The van der Waals surface area contributed by atoms with Crippen LogP contribution in [0.3, 0.4) is 0 Å². The average Bonchev–Trinajstić information content (AvgIpc) is 2.86. The van der Waals surface area contributed by atoms with Crippen LogP contribution in [0.25, 0.3) is 0 Å². The number of aromatic hydroxyl groups is 1. The van der Waals surface area contributed by atoms with Gasteiger partial charge in [-0.15, -0.1) is 0 Å². The van der Waals surface area contributed by atoms with Gasteiger partial charge < -0.3 is 20.2 Å². The summed E-state index contributed by atoms with van der Waals surface area (Å²) < 4.78 is 1.01. The number of para-hydroxylation sites is 1. The lowest BCUT2D eigenvalue weighted by molar-refractivity contribution is 0.0530. The minimum Gasteiger partial charge on any atom is -0.505 e. The Bertz CT molecular complexity index is 1360. The molecule has 11 nitrogen and oxygen atoms in total. The molecule has 1 aliphatic rings. The van der Waals surface area contributed by atoms with Gasteiger partial charge in [0.25, 0.3) is 22.9 Å². The summed E-state index contributed by atoms with van der Waals surface area (Å²) in [5, 5.41) is 15.8. The molecule has 0 saturated carbocycles. The van der Waals surface area contributed by atoms with Crippen LogP contribution in [-0.2, 0) is 7.05 Å². The number of nitrogens with one attached hydrogen (secondary N) is 2. The second kappa shape index (κ2) is 9.51. The van der Waals surface area contributed by atoms with Crippen molar-refractivity contribution in [3.8, 4) is 5.75 Å². The lowest BCUT2D eigenvalue weighted by atomic mass is 10.1. The van der Waals surface area contributed by atoms with Crippen LogP contribution in [0.2, 0.25) is 0 Å². The van der Waals surface area contributed by atoms with Crippen molar-refractivity contribution in [3.05, 3.63) is 79.0 Å². The summed E-state index contributed by atoms with van der Waals surface area (Å²) in [6.45, 7) is 1.23. The van der Waals surface area contributed by atoms with E-state index in [9.17, 15) is 24.3 Å². The number of benzene rings is 1. The summed E-state index contributed by atoms with van der Waals surface area (Å²) >= 11 is 3.10. The fourth-order valence-electron chi connectivity index (χ4n) is 3.61. The van der Waals surface area contributed by atoms with E-state index >= 15 is 0 Å². The van der Waals surface area contributed by atoms with E-state index in [1.165, 1.54) is 19.2 Å². The number of phenolic OH excluding ortho intramolecular Hbond substituents is 1. The van der Waals surface area contributed by atoms with Gasteiger partial charge in [-0.2, -0.15) is 0 Å². The molecule has 1 saturated heterocycles. The smallest absolute Gasteiger partial charge is 0.287 e. The number of amides is 2. The molecule has 2 amide bonds. The molecule has 3 aromatic rings. The Hall–Kier alpha value is -3.93. The molecule has 1 fully saturated rings. The minimum absolute atomic E-state index is 0.0106. The number of pyridine rings is 1. The summed E-state index contributed by atoms with van der Waals surface area (Å²) in [4.78, 5) is 57.3. The molecule has 0 unspecified atom stereocenters. The Morgan fingerprint density at radius 2 is 1.71 bits per heavy atom. The van der Waals surface area contributed by atoms with Gasteiger partial charge in [-0.1, -0.05) is 12.1 Å². The molecule has 0 spiro atoms. The summed E-state index contributed by atoms with van der Waals surface area (Å²) in [6, 6.07) is 9.62. The number of carbonyl (C=O) groups excluding carboxylic acids is 2. The molecule has 0 atom stereocenters. The van der Waals surface area contributed by atoms with Gasteiger partial charge >= 0.3 is 0 Å². The number of phenols is 1. The summed E-state index contributed by atoms with van der Waals surface area (Å²) in [7, 11) is 1.40. The van der Waals surface area contributed by atoms with E-state index in [2.05, 4.69) is 31.3 Å². The standard InChI is InChI=1S/C22H21BrN6O5/c1-27-22(34)16(23)17(19(31)26-27)25-14-7-4-5-13(18(14)30)20(32)28-9-11-29(12-10-28)21(33)15-6-2-3-8-24-15/h2-8,25,30H,9-12H2,1H3,(H,26,31). The first-order chi connectivity index (χ1) is 16.3. The van der Waals surface area contributed by atoms with Crippen molar-refractivity contribution in [2.75, 3.05) is 31.5 Å². The Balaban J connectivity index is 1.50. The van der Waals surface area contributed by atoms with Gasteiger partial charge in [0.15, 0.2) is 5.75 Å². The third-order valence-electron chi connectivity index (χ3n) is 5.47. The van der Waals surface area contributed by atoms with E-state index < -0.39 is 17.0 Å². The SMILES string of the molecule is Cn1[nH]c(=O)c(Nc2cccc(C(=O)N3CCN(C(=O)c4ccccn4)CC3)c2O)c(Br)c1=O. The number of carbonyl (C=O) groups is 2. The first-order valence-corrected chi connectivity index (χ1v) is 11.1. The zero-order valence-electron chi connectivity index (χ0n) is 18.1. The molecule has 34 heavy (non-hydrogen) atoms. The average molecular weight is 529 g/mol.